The van der Waals surface area contributed by atoms with Crippen LogP contribution in [-0.4, -0.2) is 36.3 Å². The third-order valence-corrected chi connectivity index (χ3v) is 15.4. The molecule has 438 valence electrons. The van der Waals surface area contributed by atoms with Gasteiger partial charge in [-0.2, -0.15) is 15.0 Å². The topological polar surface area (TPSA) is 85.8 Å². The quantitative estimate of drug-likeness (QED) is 0.0687. The van der Waals surface area contributed by atoms with E-state index in [9.17, 15) is 0 Å². The van der Waals surface area contributed by atoms with Crippen molar-refractivity contribution in [1.29, 1.82) is 0 Å². The Kier molecular flexibility index (Phi) is 16.9. The van der Waals surface area contributed by atoms with Crippen molar-refractivity contribution in [2.24, 2.45) is 0 Å². The average Bonchev–Trinajstić information content (AvgIpc) is 1.68. The number of hydrogen-bond donors (Lipinski definition) is 0. The lowest BCUT2D eigenvalue weighted by Crippen LogP contribution is -2.22. The van der Waals surface area contributed by atoms with Crippen LogP contribution in [0.25, 0.3) is 0 Å². The number of hydrogen-bond acceptors (Lipinski definition) is 12. The van der Waals surface area contributed by atoms with Gasteiger partial charge in [0.15, 0.2) is 0 Å². The van der Waals surface area contributed by atoms with Crippen molar-refractivity contribution in [3.8, 4) is 17.2 Å². The van der Waals surface area contributed by atoms with E-state index < -0.39 is 0 Å². The molecule has 0 unspecified atom stereocenters. The standard InChI is InChI=1S/C78H63N9O3/c1-88-73-52-46-67(47-53-73)82(58-22-10-4-11-23-58)64-34-40-70(41-35-64)85(61-28-16-7-17-29-61)76-79-77(86(62-30-18-8-19-31-62)71-42-36-65(37-43-71)83(59-24-12-5-13-25-59)68-48-54-74(89-2)55-49-68)81-78(80-76)87(63-32-20-9-21-33-63)72-44-38-66(39-45-72)84(60-26-14-6-15-27-60)69-50-56-75(90-3)57-51-69/h4-57H,1-3H3. The van der Waals surface area contributed by atoms with Crippen molar-refractivity contribution < 1.29 is 14.2 Å². The van der Waals surface area contributed by atoms with Gasteiger partial charge in [0.2, 0.25) is 17.8 Å². The summed E-state index contributed by atoms with van der Waals surface area (Å²) < 4.78 is 16.7. The van der Waals surface area contributed by atoms with Crippen LogP contribution in [0.3, 0.4) is 0 Å². The maximum absolute atomic E-state index is 5.61. The molecule has 1 aromatic heterocycles. The minimum atomic E-state index is 0.378. The van der Waals surface area contributed by atoms with E-state index in [1.807, 2.05) is 109 Å². The molecule has 0 amide bonds. The number of methoxy groups -OCH3 is 3. The summed E-state index contributed by atoms with van der Waals surface area (Å²) in [4.78, 5) is 29.8. The van der Waals surface area contributed by atoms with Gasteiger partial charge in [0.05, 0.1) is 21.3 Å². The third kappa shape index (κ3) is 12.3. The van der Waals surface area contributed by atoms with Gasteiger partial charge >= 0.3 is 0 Å². The molecule has 0 fully saturated rings. The minimum Gasteiger partial charge on any atom is -0.497 e. The summed E-state index contributed by atoms with van der Waals surface area (Å²) in [5.74, 6) is 3.47. The summed E-state index contributed by atoms with van der Waals surface area (Å²) in [6.07, 6.45) is 0. The second kappa shape index (κ2) is 26.6. The summed E-state index contributed by atoms with van der Waals surface area (Å²) in [7, 11) is 5.05. The molecule has 0 aliphatic rings. The van der Waals surface area contributed by atoms with Crippen LogP contribution in [0, 0.1) is 0 Å². The van der Waals surface area contributed by atoms with Gasteiger partial charge in [0, 0.05) is 85.3 Å². The van der Waals surface area contributed by atoms with Crippen LogP contribution in [0.1, 0.15) is 0 Å². The fraction of sp³-hybridized carbons (Fsp3) is 0.0385. The first-order chi connectivity index (χ1) is 44.5. The highest BCUT2D eigenvalue weighted by atomic mass is 16.5. The van der Waals surface area contributed by atoms with Gasteiger partial charge in [-0.15, -0.1) is 0 Å². The second-order valence-corrected chi connectivity index (χ2v) is 20.9. The summed E-state index contributed by atoms with van der Waals surface area (Å²) in [5, 5.41) is 0. The molecule has 0 spiro atoms. The van der Waals surface area contributed by atoms with Gasteiger partial charge in [-0.1, -0.05) is 109 Å². The number of ether oxygens (including phenoxy) is 3. The number of rotatable bonds is 21. The number of nitrogens with zero attached hydrogens (tertiary/aromatic N) is 9. The molecule has 13 rings (SSSR count). The van der Waals surface area contributed by atoms with Crippen molar-refractivity contribution in [3.63, 3.8) is 0 Å². The Morgan fingerprint density at radius 3 is 0.467 bits per heavy atom. The van der Waals surface area contributed by atoms with Crippen LogP contribution in [0.2, 0.25) is 0 Å². The van der Waals surface area contributed by atoms with E-state index in [4.69, 9.17) is 29.2 Å². The first-order valence-corrected chi connectivity index (χ1v) is 29.6. The maximum Gasteiger partial charge on any atom is 0.241 e. The highest BCUT2D eigenvalue weighted by Crippen LogP contribution is 2.45. The molecule has 0 bridgehead atoms. The number of benzene rings is 12. The third-order valence-electron chi connectivity index (χ3n) is 15.4. The lowest BCUT2D eigenvalue weighted by Gasteiger charge is -2.31. The Morgan fingerprint density at radius 1 is 0.167 bits per heavy atom. The lowest BCUT2D eigenvalue weighted by molar-refractivity contribution is 0.414. The van der Waals surface area contributed by atoms with Gasteiger partial charge in [-0.05, 0) is 218 Å². The molecule has 12 aromatic carbocycles. The van der Waals surface area contributed by atoms with E-state index in [1.165, 1.54) is 0 Å². The molecular formula is C78H63N9O3. The fourth-order valence-corrected chi connectivity index (χ4v) is 11.0. The molecule has 0 atom stereocenters. The molecule has 0 radical (unpaired) electrons. The molecular weight excluding hydrogens is 1110 g/mol. The second-order valence-electron chi connectivity index (χ2n) is 20.9. The molecule has 12 nitrogen and oxygen atoms in total. The highest BCUT2D eigenvalue weighted by Gasteiger charge is 2.28. The van der Waals surface area contributed by atoms with E-state index >= 15 is 0 Å². The van der Waals surface area contributed by atoms with Crippen LogP contribution < -0.4 is 43.6 Å². The Morgan fingerprint density at radius 2 is 0.300 bits per heavy atom. The molecule has 1 heterocycles. The number of aromatic nitrogens is 3. The summed E-state index contributed by atoms with van der Waals surface area (Å²) in [6.45, 7) is 0. The molecule has 0 saturated carbocycles. The van der Waals surface area contributed by atoms with Gasteiger partial charge in [-0.3, -0.25) is 14.7 Å². The van der Waals surface area contributed by atoms with Gasteiger partial charge < -0.3 is 28.9 Å². The predicted molar refractivity (Wildman–Crippen MR) is 368 cm³/mol. The van der Waals surface area contributed by atoms with E-state index in [1.54, 1.807) is 21.3 Å². The van der Waals surface area contributed by atoms with Gasteiger partial charge in [-0.25, -0.2) is 0 Å². The molecule has 0 N–H and O–H groups in total. The Bertz CT molecular complexity index is 3920. The Hall–Kier alpha value is -12.2. The molecule has 0 saturated heterocycles. The zero-order valence-corrected chi connectivity index (χ0v) is 49.9. The van der Waals surface area contributed by atoms with Crippen LogP contribution in [0.15, 0.2) is 328 Å². The SMILES string of the molecule is COc1ccc(N(c2ccccc2)c2ccc(N(c3ccccc3)c3nc(N(c4ccccc4)c4ccc(N(c5ccccc5)c5ccc(OC)cc5)cc4)nc(N(c4ccccc4)c4ccc(N(c5ccccc5)c5ccc(OC)cc5)cc4)n3)cc2)cc1. The minimum absolute atomic E-state index is 0.378. The van der Waals surface area contributed by atoms with E-state index in [0.717, 1.165) is 103 Å². The predicted octanol–water partition coefficient (Wildman–Crippen LogP) is 20.7. The summed E-state index contributed by atoms with van der Waals surface area (Å²) in [6, 6.07) is 112. The van der Waals surface area contributed by atoms with Crippen molar-refractivity contribution in [2.45, 2.75) is 0 Å². The first kappa shape index (κ1) is 57.0. The zero-order valence-electron chi connectivity index (χ0n) is 49.9. The Labute approximate surface area is 525 Å². The average molecular weight is 1170 g/mol. The van der Waals surface area contributed by atoms with Crippen LogP contribution in [0.4, 0.5) is 103 Å². The maximum atomic E-state index is 5.61. The molecule has 12 heteroatoms. The normalized spacial score (nSPS) is 10.8. The number of para-hydroxylation sites is 6. The monoisotopic (exact) mass is 1170 g/mol. The van der Waals surface area contributed by atoms with Gasteiger partial charge in [0.25, 0.3) is 0 Å². The lowest BCUT2D eigenvalue weighted by atomic mass is 10.1. The highest BCUT2D eigenvalue weighted by molar-refractivity contribution is 5.85. The van der Waals surface area contributed by atoms with Crippen molar-refractivity contribution in [3.05, 3.63) is 328 Å². The largest absolute Gasteiger partial charge is 0.497 e. The van der Waals surface area contributed by atoms with E-state index in [-0.39, 0.29) is 0 Å². The molecule has 90 heavy (non-hydrogen) atoms. The van der Waals surface area contributed by atoms with Crippen LogP contribution in [-0.2, 0) is 0 Å². The molecule has 0 aliphatic heterocycles. The van der Waals surface area contributed by atoms with E-state index in [0.29, 0.717) is 17.8 Å². The van der Waals surface area contributed by atoms with Gasteiger partial charge in [0.1, 0.15) is 17.2 Å². The molecule has 13 aromatic rings. The van der Waals surface area contributed by atoms with Crippen molar-refractivity contribution in [1.82, 2.24) is 15.0 Å². The number of anilines is 18. The van der Waals surface area contributed by atoms with Crippen LogP contribution in [0.5, 0.6) is 17.2 Å². The van der Waals surface area contributed by atoms with Crippen molar-refractivity contribution >= 4 is 103 Å². The first-order valence-electron chi connectivity index (χ1n) is 29.6. The smallest absolute Gasteiger partial charge is 0.241 e. The molecule has 0 aliphatic carbocycles. The Balaban J connectivity index is 0.996. The van der Waals surface area contributed by atoms with Crippen LogP contribution >= 0.6 is 0 Å². The van der Waals surface area contributed by atoms with E-state index in [2.05, 4.69) is 248 Å². The fourth-order valence-electron chi connectivity index (χ4n) is 11.0. The van der Waals surface area contributed by atoms with Crippen molar-refractivity contribution in [2.75, 3.05) is 50.7 Å². The zero-order chi connectivity index (χ0) is 61.0. The summed E-state index contributed by atoms with van der Waals surface area (Å²) in [5.41, 5.74) is 13.8. The summed E-state index contributed by atoms with van der Waals surface area (Å²) >= 11 is 0.